The number of alkyl halides is 3. The molecule has 5 nitrogen and oxygen atoms in total. The van der Waals surface area contributed by atoms with Gasteiger partial charge in [-0.1, -0.05) is 65.8 Å². The van der Waals surface area contributed by atoms with Crippen molar-refractivity contribution in [1.29, 1.82) is 0 Å². The Bertz CT molecular complexity index is 1420. The molecule has 1 aliphatic heterocycles. The number of halogens is 4. The fraction of sp³-hybridized carbons (Fsp3) is 0.192. The fourth-order valence-corrected chi connectivity index (χ4v) is 5.24. The first kappa shape index (κ1) is 24.4. The van der Waals surface area contributed by atoms with Gasteiger partial charge in [-0.05, 0) is 47.9 Å². The maximum Gasteiger partial charge on any atom is 0.416 e. The van der Waals surface area contributed by atoms with Gasteiger partial charge in [-0.15, -0.1) is 10.2 Å². The summed E-state index contributed by atoms with van der Waals surface area (Å²) in [4.78, 5) is 14.8. The van der Waals surface area contributed by atoms with Gasteiger partial charge in [-0.3, -0.25) is 9.36 Å². The molecular formula is C26H20ClF3N4OS. The lowest BCUT2D eigenvalue weighted by Crippen LogP contribution is -2.37. The minimum absolute atomic E-state index is 0.0712. The maximum atomic E-state index is 13.4. The van der Waals surface area contributed by atoms with Crippen LogP contribution < -0.4 is 0 Å². The van der Waals surface area contributed by atoms with E-state index in [2.05, 4.69) is 16.3 Å². The quantitative estimate of drug-likeness (QED) is 0.286. The van der Waals surface area contributed by atoms with Gasteiger partial charge >= 0.3 is 6.18 Å². The van der Waals surface area contributed by atoms with Gasteiger partial charge in [0, 0.05) is 18.7 Å². The number of hydrogen-bond acceptors (Lipinski definition) is 4. The van der Waals surface area contributed by atoms with Crippen LogP contribution in [0.15, 0.2) is 78.0 Å². The lowest BCUT2D eigenvalue weighted by Gasteiger charge is -2.28. The maximum absolute atomic E-state index is 13.4. The van der Waals surface area contributed by atoms with Crippen molar-refractivity contribution in [3.05, 3.63) is 94.5 Å². The zero-order valence-corrected chi connectivity index (χ0v) is 20.4. The van der Waals surface area contributed by atoms with E-state index < -0.39 is 11.7 Å². The lowest BCUT2D eigenvalue weighted by atomic mass is 10.00. The summed E-state index contributed by atoms with van der Waals surface area (Å²) in [5.41, 5.74) is 2.32. The van der Waals surface area contributed by atoms with E-state index >= 15 is 0 Å². The summed E-state index contributed by atoms with van der Waals surface area (Å²) in [6.45, 7) is 1.14. The van der Waals surface area contributed by atoms with Crippen molar-refractivity contribution in [3.63, 3.8) is 0 Å². The van der Waals surface area contributed by atoms with Gasteiger partial charge in [0.2, 0.25) is 5.91 Å². The summed E-state index contributed by atoms with van der Waals surface area (Å²) < 4.78 is 41.9. The van der Waals surface area contributed by atoms with Gasteiger partial charge < -0.3 is 4.90 Å². The van der Waals surface area contributed by atoms with Crippen LogP contribution in [-0.4, -0.2) is 37.9 Å². The number of thioether (sulfide) groups is 1. The molecule has 5 rings (SSSR count). The Balaban J connectivity index is 1.45. The summed E-state index contributed by atoms with van der Waals surface area (Å²) in [6.07, 6.45) is -3.73. The van der Waals surface area contributed by atoms with Gasteiger partial charge in [0.25, 0.3) is 0 Å². The van der Waals surface area contributed by atoms with Gasteiger partial charge in [0.15, 0.2) is 11.0 Å². The van der Waals surface area contributed by atoms with Crippen molar-refractivity contribution < 1.29 is 18.0 Å². The molecule has 1 aliphatic rings. The van der Waals surface area contributed by atoms with Gasteiger partial charge in [0.1, 0.15) is 0 Å². The van der Waals surface area contributed by atoms with Gasteiger partial charge in [0.05, 0.1) is 22.0 Å². The molecule has 184 valence electrons. The summed E-state index contributed by atoms with van der Waals surface area (Å²) >= 11 is 7.51. The number of hydrogen-bond donors (Lipinski definition) is 0. The first-order chi connectivity index (χ1) is 17.3. The molecule has 0 N–H and O–H groups in total. The van der Waals surface area contributed by atoms with Crippen LogP contribution >= 0.6 is 23.4 Å². The Morgan fingerprint density at radius 1 is 0.972 bits per heavy atom. The zero-order valence-electron chi connectivity index (χ0n) is 18.9. The average Bonchev–Trinajstić information content (AvgIpc) is 3.30. The third-order valence-electron chi connectivity index (χ3n) is 5.99. The molecule has 0 saturated heterocycles. The van der Waals surface area contributed by atoms with Crippen molar-refractivity contribution in [2.45, 2.75) is 24.3 Å². The SMILES string of the molecule is O=C(CSc1nnc(-c2ccccc2Cl)n1-c1cccc(C(F)(F)F)c1)N1CCc2ccccc2C1. The van der Waals surface area contributed by atoms with Crippen LogP contribution in [0.1, 0.15) is 16.7 Å². The van der Waals surface area contributed by atoms with E-state index in [1.54, 1.807) is 35.2 Å². The molecule has 4 aromatic rings. The molecule has 36 heavy (non-hydrogen) atoms. The number of rotatable bonds is 5. The highest BCUT2D eigenvalue weighted by molar-refractivity contribution is 7.99. The van der Waals surface area contributed by atoms with Crippen LogP contribution in [0.25, 0.3) is 17.1 Å². The monoisotopic (exact) mass is 528 g/mol. The van der Waals surface area contributed by atoms with E-state index in [0.717, 1.165) is 35.9 Å². The van der Waals surface area contributed by atoms with E-state index in [0.29, 0.717) is 34.7 Å². The number of benzene rings is 3. The third kappa shape index (κ3) is 4.99. The second kappa shape index (κ2) is 9.99. The van der Waals surface area contributed by atoms with E-state index in [1.807, 2.05) is 18.2 Å². The number of amides is 1. The third-order valence-corrected chi connectivity index (χ3v) is 7.23. The number of carbonyl (C=O) groups is 1. The van der Waals surface area contributed by atoms with Crippen LogP contribution in [0.5, 0.6) is 0 Å². The minimum atomic E-state index is -4.51. The predicted molar refractivity (Wildman–Crippen MR) is 133 cm³/mol. The topological polar surface area (TPSA) is 51.0 Å². The Labute approximate surface area is 214 Å². The molecule has 0 fully saturated rings. The molecule has 0 bridgehead atoms. The molecule has 0 spiro atoms. The van der Waals surface area contributed by atoms with Gasteiger partial charge in [-0.2, -0.15) is 13.2 Å². The summed E-state index contributed by atoms with van der Waals surface area (Å²) in [7, 11) is 0. The van der Waals surface area contributed by atoms with Crippen molar-refractivity contribution in [1.82, 2.24) is 19.7 Å². The van der Waals surface area contributed by atoms with Gasteiger partial charge in [-0.25, -0.2) is 0 Å². The molecule has 0 saturated carbocycles. The predicted octanol–water partition coefficient (Wildman–Crippen LogP) is 6.28. The summed E-state index contributed by atoms with van der Waals surface area (Å²) in [5.74, 6) is 0.288. The molecule has 0 unspecified atom stereocenters. The summed E-state index contributed by atoms with van der Waals surface area (Å²) in [6, 6.07) is 19.9. The molecule has 0 aliphatic carbocycles. The van der Waals surface area contributed by atoms with Crippen molar-refractivity contribution in [3.8, 4) is 17.1 Å². The number of nitrogens with zero attached hydrogens (tertiary/aromatic N) is 4. The Morgan fingerprint density at radius 3 is 2.50 bits per heavy atom. The number of aromatic nitrogens is 3. The molecule has 1 amide bonds. The van der Waals surface area contributed by atoms with Crippen molar-refractivity contribution in [2.75, 3.05) is 12.3 Å². The highest BCUT2D eigenvalue weighted by Crippen LogP contribution is 2.35. The minimum Gasteiger partial charge on any atom is -0.337 e. The second-order valence-corrected chi connectivity index (χ2v) is 9.64. The van der Waals surface area contributed by atoms with Crippen LogP contribution in [0.3, 0.4) is 0 Å². The van der Waals surface area contributed by atoms with Crippen LogP contribution in [0, 0.1) is 0 Å². The highest BCUT2D eigenvalue weighted by atomic mass is 35.5. The van der Waals surface area contributed by atoms with E-state index in [9.17, 15) is 18.0 Å². The zero-order chi connectivity index (χ0) is 25.3. The fourth-order valence-electron chi connectivity index (χ4n) is 4.16. The Morgan fingerprint density at radius 2 is 1.72 bits per heavy atom. The molecular weight excluding hydrogens is 509 g/mol. The summed E-state index contributed by atoms with van der Waals surface area (Å²) in [5, 5.41) is 9.15. The molecule has 3 aromatic carbocycles. The van der Waals surface area contributed by atoms with Crippen LogP contribution in [0.2, 0.25) is 5.02 Å². The number of carbonyl (C=O) groups excluding carboxylic acids is 1. The normalized spacial score (nSPS) is 13.5. The molecule has 1 aromatic heterocycles. The van der Waals surface area contributed by atoms with Crippen LogP contribution in [0.4, 0.5) is 13.2 Å². The largest absolute Gasteiger partial charge is 0.416 e. The molecule has 2 heterocycles. The van der Waals surface area contributed by atoms with E-state index in [-0.39, 0.29) is 17.3 Å². The molecule has 0 radical (unpaired) electrons. The molecule has 10 heteroatoms. The van der Waals surface area contributed by atoms with E-state index in [4.69, 9.17) is 11.6 Å². The Kier molecular flexibility index (Phi) is 6.77. The molecule has 0 atom stereocenters. The van der Waals surface area contributed by atoms with Crippen molar-refractivity contribution >= 4 is 29.3 Å². The Hall–Kier alpha value is -3.30. The second-order valence-electron chi connectivity index (χ2n) is 8.29. The van der Waals surface area contributed by atoms with E-state index in [1.165, 1.54) is 16.2 Å². The average molecular weight is 529 g/mol. The van der Waals surface area contributed by atoms with Crippen molar-refractivity contribution in [2.24, 2.45) is 0 Å². The standard InChI is InChI=1S/C26H20ClF3N4OS/c27-22-11-4-3-10-21(22)24-31-32-25(34(24)20-9-5-8-19(14-20)26(28,29)30)36-16-23(35)33-13-12-17-6-1-2-7-18(17)15-33/h1-11,14H,12-13,15-16H2. The first-order valence-corrected chi connectivity index (χ1v) is 12.5. The smallest absolute Gasteiger partial charge is 0.337 e. The van der Waals surface area contributed by atoms with Crippen LogP contribution in [-0.2, 0) is 23.9 Å². The lowest BCUT2D eigenvalue weighted by molar-refractivity contribution is -0.137. The number of fused-ring (bicyclic) bond motifs is 1. The highest BCUT2D eigenvalue weighted by Gasteiger charge is 2.31. The first-order valence-electron chi connectivity index (χ1n) is 11.2.